The summed E-state index contributed by atoms with van der Waals surface area (Å²) in [5.41, 5.74) is 18.5. The smallest absolute Gasteiger partial charge is 0.319 e. The van der Waals surface area contributed by atoms with Crippen LogP contribution < -0.4 is 0 Å². The monoisotopic (exact) mass is 1040 g/mol. The van der Waals surface area contributed by atoms with Crippen molar-refractivity contribution in [3.05, 3.63) is 243 Å². The van der Waals surface area contributed by atoms with Crippen LogP contribution in [0.1, 0.15) is 62.1 Å². The molecule has 0 aliphatic carbocycles. The Morgan fingerprint density at radius 3 is 0.987 bits per heavy atom. The summed E-state index contributed by atoms with van der Waals surface area (Å²) in [4.78, 5) is 4.30. The number of aryl methyl sites for hydroxylation is 8. The maximum absolute atomic E-state index is 15.2. The Bertz CT molecular complexity index is 4260. The number of rotatable bonds is 8. The predicted octanol–water partition coefficient (Wildman–Crippen LogP) is 21.2. The molecule has 0 amide bonds. The zero-order valence-corrected chi connectivity index (χ0v) is 45.1. The molecule has 79 heavy (non-hydrogen) atoms. The third-order valence-corrected chi connectivity index (χ3v) is 15.3. The van der Waals surface area contributed by atoms with Gasteiger partial charge in [-0.1, -0.05) is 166 Å². The van der Waals surface area contributed by atoms with Crippen LogP contribution in [0.2, 0.25) is 0 Å². The standard InChI is InChI=1S/C71H54F5N3/c1-39-18-40(2)23-51(22-39)47-10-14-58-59-15-11-48(52-24-41(3)19-42(4)25-52)34-65(59)78(64(58)33-47)68-38-63(77-9)69(37-62(68)55-30-56(70(72)73)32-57(31-55)71(74,75)76)79-66-35-49(53-26-43(5)20-44(6)27-53)12-16-60(66)61-17-13-50(36-67(61)79)54-28-45(7)21-46(8)29-54/h10-38,70H,1-8H3. The SMILES string of the molecule is [C-]#[N+]c1cc(-n2c3cc(-c4cc(C)cc(C)c4)ccc3c3ccc(-c4cc(C)cc(C)c4)cc32)c(-c2cc(C(F)F)cc(C(F)(F)F)c2)cc1-n1c2cc(-c3cc(C)cc(C)c3)ccc2c2ccc(-c3cc(C)cc(C)c3)cc21. The summed E-state index contributed by atoms with van der Waals surface area (Å²) in [5, 5.41) is 3.53. The molecular formula is C71H54F5N3. The van der Waals surface area contributed by atoms with Crippen molar-refractivity contribution >= 4 is 49.3 Å². The van der Waals surface area contributed by atoms with Gasteiger partial charge in [0.2, 0.25) is 5.69 Å². The Kier molecular flexibility index (Phi) is 12.3. The van der Waals surface area contributed by atoms with E-state index in [0.29, 0.717) is 17.4 Å². The molecule has 0 unspecified atom stereocenters. The first kappa shape index (κ1) is 50.7. The molecule has 0 aliphatic heterocycles. The first-order valence-electron chi connectivity index (χ1n) is 26.3. The predicted molar refractivity (Wildman–Crippen MR) is 316 cm³/mol. The quantitative estimate of drug-likeness (QED) is 0.106. The average Bonchev–Trinajstić information content (AvgIpc) is 4.16. The number of alkyl halides is 5. The van der Waals surface area contributed by atoms with Crippen LogP contribution >= 0.6 is 0 Å². The molecule has 0 saturated heterocycles. The fraction of sp³-hybridized carbons (Fsp3) is 0.141. The average molecular weight is 1040 g/mol. The number of nitrogens with zero attached hydrogens (tertiary/aromatic N) is 3. The van der Waals surface area contributed by atoms with Gasteiger partial charge < -0.3 is 9.13 Å². The number of hydrogen-bond donors (Lipinski definition) is 0. The summed E-state index contributed by atoms with van der Waals surface area (Å²) < 4.78 is 79.9. The van der Waals surface area contributed by atoms with E-state index in [4.69, 9.17) is 6.57 Å². The number of halogens is 5. The number of fused-ring (bicyclic) bond motifs is 6. The summed E-state index contributed by atoms with van der Waals surface area (Å²) in [6, 6.07) is 56.7. The lowest BCUT2D eigenvalue weighted by Crippen LogP contribution is -2.07. The van der Waals surface area contributed by atoms with E-state index in [0.717, 1.165) is 145 Å². The van der Waals surface area contributed by atoms with E-state index in [1.165, 1.54) is 0 Å². The summed E-state index contributed by atoms with van der Waals surface area (Å²) in [6.07, 6.45) is -8.18. The lowest BCUT2D eigenvalue weighted by atomic mass is 9.96. The van der Waals surface area contributed by atoms with Gasteiger partial charge in [0.1, 0.15) is 0 Å². The Labute approximate surface area is 456 Å². The molecule has 0 saturated carbocycles. The van der Waals surface area contributed by atoms with Crippen LogP contribution in [0.25, 0.3) is 115 Å². The molecule has 0 N–H and O–H groups in total. The van der Waals surface area contributed by atoms with E-state index in [1.807, 2.05) is 9.13 Å². The van der Waals surface area contributed by atoms with Crippen molar-refractivity contribution in [1.82, 2.24) is 9.13 Å². The van der Waals surface area contributed by atoms with Gasteiger partial charge >= 0.3 is 6.18 Å². The van der Waals surface area contributed by atoms with Crippen molar-refractivity contribution in [3.8, 4) is 67.0 Å². The zero-order valence-electron chi connectivity index (χ0n) is 45.1. The van der Waals surface area contributed by atoms with Crippen LogP contribution in [-0.2, 0) is 6.18 Å². The van der Waals surface area contributed by atoms with E-state index in [9.17, 15) is 0 Å². The summed E-state index contributed by atoms with van der Waals surface area (Å²) in [5.74, 6) is 0. The highest BCUT2D eigenvalue weighted by Gasteiger charge is 2.33. The van der Waals surface area contributed by atoms with Crippen molar-refractivity contribution in [2.75, 3.05) is 0 Å². The molecular weight excluding hydrogens is 990 g/mol. The highest BCUT2D eigenvalue weighted by Crippen LogP contribution is 2.47. The molecule has 388 valence electrons. The number of benzene rings is 10. The van der Waals surface area contributed by atoms with Gasteiger partial charge in [-0.25, -0.2) is 13.6 Å². The second kappa shape index (κ2) is 19.1. The molecule has 0 bridgehead atoms. The van der Waals surface area contributed by atoms with Gasteiger partial charge in [-0.2, -0.15) is 13.2 Å². The van der Waals surface area contributed by atoms with Crippen molar-refractivity contribution in [3.63, 3.8) is 0 Å². The van der Waals surface area contributed by atoms with Gasteiger partial charge in [-0.3, -0.25) is 0 Å². The van der Waals surface area contributed by atoms with Crippen molar-refractivity contribution < 1.29 is 22.0 Å². The molecule has 10 aromatic carbocycles. The highest BCUT2D eigenvalue weighted by molar-refractivity contribution is 6.14. The molecule has 0 radical (unpaired) electrons. The van der Waals surface area contributed by atoms with Gasteiger partial charge in [0.25, 0.3) is 6.43 Å². The van der Waals surface area contributed by atoms with Gasteiger partial charge in [-0.15, -0.1) is 0 Å². The third kappa shape index (κ3) is 9.23. The Hall–Kier alpha value is -9.06. The zero-order chi connectivity index (χ0) is 55.3. The van der Waals surface area contributed by atoms with Crippen molar-refractivity contribution in [1.29, 1.82) is 0 Å². The van der Waals surface area contributed by atoms with Crippen molar-refractivity contribution in [2.24, 2.45) is 0 Å². The maximum Gasteiger partial charge on any atom is 0.416 e. The first-order chi connectivity index (χ1) is 37.8. The molecule has 2 aromatic heterocycles. The molecule has 0 spiro atoms. The van der Waals surface area contributed by atoms with Crippen LogP contribution in [0, 0.1) is 62.0 Å². The number of aromatic nitrogens is 2. The molecule has 0 atom stereocenters. The van der Waals surface area contributed by atoms with Crippen LogP contribution in [0.5, 0.6) is 0 Å². The van der Waals surface area contributed by atoms with E-state index >= 15 is 22.0 Å². The van der Waals surface area contributed by atoms with Gasteiger partial charge in [0.05, 0.1) is 39.9 Å². The van der Waals surface area contributed by atoms with Gasteiger partial charge in [-0.05, 0) is 160 Å². The lowest BCUT2D eigenvalue weighted by Gasteiger charge is -2.21. The minimum atomic E-state index is -4.96. The van der Waals surface area contributed by atoms with Crippen molar-refractivity contribution in [2.45, 2.75) is 68.0 Å². The van der Waals surface area contributed by atoms with Crippen LogP contribution in [0.4, 0.5) is 27.6 Å². The maximum atomic E-state index is 15.2. The molecule has 3 nitrogen and oxygen atoms in total. The molecule has 12 rings (SSSR count). The van der Waals surface area contributed by atoms with Gasteiger partial charge in [0.15, 0.2) is 0 Å². The first-order valence-corrected chi connectivity index (χ1v) is 26.3. The molecule has 2 heterocycles. The second-order valence-electron chi connectivity index (χ2n) is 21.7. The van der Waals surface area contributed by atoms with E-state index in [1.54, 1.807) is 12.1 Å². The minimum Gasteiger partial charge on any atom is -0.319 e. The molecule has 8 heteroatoms. The Morgan fingerprint density at radius 1 is 0.354 bits per heavy atom. The topological polar surface area (TPSA) is 14.2 Å². The Balaban J connectivity index is 1.24. The lowest BCUT2D eigenvalue weighted by molar-refractivity contribution is -0.137. The van der Waals surface area contributed by atoms with E-state index in [2.05, 4.69) is 206 Å². The normalized spacial score (nSPS) is 12.0. The van der Waals surface area contributed by atoms with Crippen LogP contribution in [-0.4, -0.2) is 9.13 Å². The fourth-order valence-electron chi connectivity index (χ4n) is 12.2. The fourth-order valence-corrected chi connectivity index (χ4v) is 12.2. The van der Waals surface area contributed by atoms with Gasteiger partial charge in [0, 0.05) is 38.4 Å². The Morgan fingerprint density at radius 2 is 0.684 bits per heavy atom. The number of hydrogen-bond acceptors (Lipinski definition) is 0. The minimum absolute atomic E-state index is 0.0727. The largest absolute Gasteiger partial charge is 0.416 e. The highest BCUT2D eigenvalue weighted by atomic mass is 19.4. The summed E-state index contributed by atoms with van der Waals surface area (Å²) >= 11 is 0. The van der Waals surface area contributed by atoms with Crippen LogP contribution in [0.15, 0.2) is 176 Å². The third-order valence-electron chi connectivity index (χ3n) is 15.3. The van der Waals surface area contributed by atoms with E-state index < -0.39 is 23.7 Å². The second-order valence-corrected chi connectivity index (χ2v) is 21.7. The van der Waals surface area contributed by atoms with E-state index in [-0.39, 0.29) is 16.8 Å². The summed E-state index contributed by atoms with van der Waals surface area (Å²) in [6.45, 7) is 25.6. The summed E-state index contributed by atoms with van der Waals surface area (Å²) in [7, 11) is 0. The van der Waals surface area contributed by atoms with Crippen LogP contribution in [0.3, 0.4) is 0 Å². The molecule has 12 aromatic rings. The molecule has 0 fully saturated rings. The molecule has 0 aliphatic rings.